The van der Waals surface area contributed by atoms with E-state index in [4.69, 9.17) is 0 Å². The van der Waals surface area contributed by atoms with Crippen molar-refractivity contribution in [2.24, 2.45) is 0 Å². The molecule has 2 heterocycles. The minimum atomic E-state index is -0.0436. The van der Waals surface area contributed by atoms with Crippen LogP contribution in [0.25, 0.3) is 5.57 Å². The number of anilines is 1. The summed E-state index contributed by atoms with van der Waals surface area (Å²) in [5.74, 6) is -0.0436. The number of carbonyl (C=O) groups excluding carboxylic acids is 1. The molecule has 0 fully saturated rings. The minimum Gasteiger partial charge on any atom is -0.302 e. The summed E-state index contributed by atoms with van der Waals surface area (Å²) in [6, 6.07) is 0.531. The van der Waals surface area contributed by atoms with Crippen molar-refractivity contribution < 1.29 is 4.79 Å². The lowest BCUT2D eigenvalue weighted by molar-refractivity contribution is -0.114. The van der Waals surface area contributed by atoms with E-state index in [-0.39, 0.29) is 5.91 Å². The van der Waals surface area contributed by atoms with Gasteiger partial charge in [0, 0.05) is 24.4 Å². The van der Waals surface area contributed by atoms with Gasteiger partial charge in [0.15, 0.2) is 5.13 Å². The van der Waals surface area contributed by atoms with Gasteiger partial charge in [-0.3, -0.25) is 9.69 Å². The Balaban J connectivity index is 1.89. The van der Waals surface area contributed by atoms with Crippen molar-refractivity contribution in [1.29, 1.82) is 0 Å². The molecular formula is C15H21N3OS. The Kier molecular flexibility index (Phi) is 3.89. The molecule has 0 spiro atoms. The van der Waals surface area contributed by atoms with Crippen LogP contribution < -0.4 is 5.32 Å². The summed E-state index contributed by atoms with van der Waals surface area (Å²) in [5, 5.41) is 3.57. The monoisotopic (exact) mass is 291 g/mol. The van der Waals surface area contributed by atoms with Gasteiger partial charge in [0.05, 0.1) is 5.69 Å². The maximum absolute atomic E-state index is 11.2. The van der Waals surface area contributed by atoms with Gasteiger partial charge in [0.2, 0.25) is 5.91 Å². The van der Waals surface area contributed by atoms with Crippen molar-refractivity contribution in [3.05, 3.63) is 16.6 Å². The second-order valence-corrected chi connectivity index (χ2v) is 6.59. The number of thiazole rings is 1. The molecule has 1 amide bonds. The Hall–Kier alpha value is -1.20. The molecule has 20 heavy (non-hydrogen) atoms. The third-order valence-corrected chi connectivity index (χ3v) is 5.02. The molecule has 0 radical (unpaired) electrons. The van der Waals surface area contributed by atoms with E-state index in [0.717, 1.165) is 23.7 Å². The zero-order valence-electron chi connectivity index (χ0n) is 12.1. The lowest BCUT2D eigenvalue weighted by atomic mass is 9.87. The first-order chi connectivity index (χ1) is 9.69. The lowest BCUT2D eigenvalue weighted by Gasteiger charge is -2.38. The van der Waals surface area contributed by atoms with Gasteiger partial charge in [0.25, 0.3) is 0 Å². The molecule has 2 aliphatic rings. The zero-order valence-corrected chi connectivity index (χ0v) is 12.9. The fraction of sp³-hybridized carbons (Fsp3) is 0.600. The number of aromatic nitrogens is 1. The quantitative estimate of drug-likeness (QED) is 0.931. The summed E-state index contributed by atoms with van der Waals surface area (Å²) >= 11 is 1.63. The number of rotatable bonds is 3. The molecule has 0 bridgehead atoms. The highest BCUT2D eigenvalue weighted by Crippen LogP contribution is 2.40. The molecular weight excluding hydrogens is 270 g/mol. The molecule has 1 aliphatic carbocycles. The summed E-state index contributed by atoms with van der Waals surface area (Å²) in [5.41, 5.74) is 2.52. The molecule has 1 N–H and O–H groups in total. The third-order valence-electron chi connectivity index (χ3n) is 3.99. The number of aryl methyl sites for hydroxylation is 1. The van der Waals surface area contributed by atoms with Gasteiger partial charge in [0.1, 0.15) is 0 Å². The first kappa shape index (κ1) is 13.8. The van der Waals surface area contributed by atoms with Crippen LogP contribution in [0.2, 0.25) is 0 Å². The van der Waals surface area contributed by atoms with Crippen molar-refractivity contribution >= 4 is 27.9 Å². The first-order valence-electron chi connectivity index (χ1n) is 7.40. The van der Waals surface area contributed by atoms with E-state index in [2.05, 4.69) is 28.2 Å². The van der Waals surface area contributed by atoms with Crippen molar-refractivity contribution in [1.82, 2.24) is 9.88 Å². The number of hydrogen-bond acceptors (Lipinski definition) is 4. The van der Waals surface area contributed by atoms with Crippen molar-refractivity contribution in [2.75, 3.05) is 18.4 Å². The van der Waals surface area contributed by atoms with Gasteiger partial charge in [-0.05, 0) is 37.8 Å². The van der Waals surface area contributed by atoms with Crippen LogP contribution in [0.1, 0.15) is 43.7 Å². The fourth-order valence-electron chi connectivity index (χ4n) is 3.24. The van der Waals surface area contributed by atoms with Crippen molar-refractivity contribution in [2.45, 2.75) is 45.6 Å². The lowest BCUT2D eigenvalue weighted by Crippen LogP contribution is -2.41. The number of carbonyl (C=O) groups is 1. The van der Waals surface area contributed by atoms with E-state index in [0.29, 0.717) is 6.04 Å². The van der Waals surface area contributed by atoms with Crippen molar-refractivity contribution in [3.8, 4) is 0 Å². The van der Waals surface area contributed by atoms with E-state index in [1.807, 2.05) is 0 Å². The number of fused-ring (bicyclic) bond motifs is 3. The average Bonchev–Trinajstić information content (AvgIpc) is 2.81. The minimum absolute atomic E-state index is 0.0436. The molecule has 1 atom stereocenters. The van der Waals surface area contributed by atoms with E-state index >= 15 is 0 Å². The van der Waals surface area contributed by atoms with Gasteiger partial charge >= 0.3 is 0 Å². The maximum Gasteiger partial charge on any atom is 0.223 e. The molecule has 4 nitrogen and oxygen atoms in total. The summed E-state index contributed by atoms with van der Waals surface area (Å²) < 4.78 is 0. The van der Waals surface area contributed by atoms with E-state index in [1.165, 1.54) is 43.3 Å². The Morgan fingerprint density at radius 3 is 3.20 bits per heavy atom. The highest BCUT2D eigenvalue weighted by atomic mass is 32.1. The maximum atomic E-state index is 11.2. The van der Waals surface area contributed by atoms with Crippen LogP contribution in [-0.2, 0) is 11.2 Å². The normalized spacial score (nSPS) is 21.9. The second-order valence-electron chi connectivity index (χ2n) is 5.51. The van der Waals surface area contributed by atoms with Crippen LogP contribution in [0.3, 0.4) is 0 Å². The Morgan fingerprint density at radius 2 is 2.45 bits per heavy atom. The van der Waals surface area contributed by atoms with Crippen LogP contribution in [0.4, 0.5) is 5.13 Å². The van der Waals surface area contributed by atoms with Crippen molar-refractivity contribution in [3.63, 3.8) is 0 Å². The zero-order chi connectivity index (χ0) is 14.1. The average molecular weight is 291 g/mol. The molecule has 1 aliphatic heterocycles. The van der Waals surface area contributed by atoms with Crippen LogP contribution in [0.15, 0.2) is 6.08 Å². The SMILES string of the molecule is CCCN1CCC=C2c3nc(NC(C)=O)sc3CCC21. The first-order valence-corrected chi connectivity index (χ1v) is 8.22. The van der Waals surface area contributed by atoms with Gasteiger partial charge in [-0.2, -0.15) is 0 Å². The molecule has 0 aromatic carbocycles. The predicted molar refractivity (Wildman–Crippen MR) is 83.0 cm³/mol. The standard InChI is InChI=1S/C15H21N3OS/c1-3-8-18-9-4-5-11-12(18)6-7-13-14(11)17-15(20-13)16-10(2)19/h5,12H,3-4,6-9H2,1-2H3,(H,16,17,19). The van der Waals surface area contributed by atoms with Crippen LogP contribution in [0.5, 0.6) is 0 Å². The van der Waals surface area contributed by atoms with Crippen LogP contribution in [-0.4, -0.2) is 34.9 Å². The van der Waals surface area contributed by atoms with E-state index in [9.17, 15) is 4.79 Å². The Morgan fingerprint density at radius 1 is 1.60 bits per heavy atom. The number of hydrogen-bond donors (Lipinski definition) is 1. The topological polar surface area (TPSA) is 45.2 Å². The number of nitrogens with one attached hydrogen (secondary N) is 1. The largest absolute Gasteiger partial charge is 0.302 e. The summed E-state index contributed by atoms with van der Waals surface area (Å²) in [7, 11) is 0. The van der Waals surface area contributed by atoms with Gasteiger partial charge in [-0.25, -0.2) is 4.98 Å². The molecule has 108 valence electrons. The third kappa shape index (κ3) is 2.52. The van der Waals surface area contributed by atoms with Gasteiger partial charge in [-0.15, -0.1) is 11.3 Å². The van der Waals surface area contributed by atoms with E-state index < -0.39 is 0 Å². The van der Waals surface area contributed by atoms with E-state index in [1.54, 1.807) is 11.3 Å². The highest BCUT2D eigenvalue weighted by molar-refractivity contribution is 7.16. The molecule has 1 aromatic heterocycles. The summed E-state index contributed by atoms with van der Waals surface area (Å²) in [4.78, 5) is 19.8. The second kappa shape index (κ2) is 5.66. The molecule has 3 rings (SSSR count). The predicted octanol–water partition coefficient (Wildman–Crippen LogP) is 2.92. The fourth-order valence-corrected chi connectivity index (χ4v) is 4.29. The molecule has 1 unspecified atom stereocenters. The highest BCUT2D eigenvalue weighted by Gasteiger charge is 2.33. The smallest absolute Gasteiger partial charge is 0.223 e. The summed E-state index contributed by atoms with van der Waals surface area (Å²) in [6.07, 6.45) is 6.92. The molecule has 0 saturated heterocycles. The summed E-state index contributed by atoms with van der Waals surface area (Å²) in [6.45, 7) is 6.11. The Labute approximate surface area is 123 Å². The van der Waals surface area contributed by atoms with Gasteiger partial charge < -0.3 is 5.32 Å². The Bertz CT molecular complexity index is 549. The molecule has 1 aromatic rings. The number of nitrogens with zero attached hydrogens (tertiary/aromatic N) is 2. The van der Waals surface area contributed by atoms with Crippen LogP contribution >= 0.6 is 11.3 Å². The van der Waals surface area contributed by atoms with Crippen LogP contribution in [0, 0.1) is 0 Å². The molecule has 5 heteroatoms. The number of amides is 1. The van der Waals surface area contributed by atoms with Gasteiger partial charge in [-0.1, -0.05) is 13.0 Å². The molecule has 0 saturated carbocycles.